The van der Waals surface area contributed by atoms with Crippen LogP contribution in [-0.4, -0.2) is 13.6 Å². The van der Waals surface area contributed by atoms with Gasteiger partial charge in [0.1, 0.15) is 10.0 Å². The minimum atomic E-state index is -3.80. The van der Waals surface area contributed by atoms with E-state index >= 15 is 0 Å². The summed E-state index contributed by atoms with van der Waals surface area (Å²) in [5, 5.41) is 3.65. The predicted molar refractivity (Wildman–Crippen MR) is 67.0 cm³/mol. The SMILES string of the molecule is Cc1noc([N-]S(=O)(=O)c2ccc(N)cc2)c1C.[K+]. The van der Waals surface area contributed by atoms with Gasteiger partial charge in [-0.2, -0.15) is 0 Å². The van der Waals surface area contributed by atoms with E-state index in [-0.39, 0.29) is 62.2 Å². The number of sulfonamides is 1. The standard InChI is InChI=1S/C11H12N3O3S.K/c1-7-8(2)13-17-11(7)14-18(15,16)10-5-3-9(12)4-6-10;/h3-6H,12H2,1-2H3;/q-1;+1. The van der Waals surface area contributed by atoms with Gasteiger partial charge in [0.05, 0.1) is 16.5 Å². The number of hydrogen-bond donors (Lipinski definition) is 1. The fourth-order valence-corrected chi connectivity index (χ4v) is 2.26. The molecule has 0 saturated heterocycles. The minimum Gasteiger partial charge on any atom is -0.539 e. The maximum atomic E-state index is 12.0. The van der Waals surface area contributed by atoms with E-state index in [1.54, 1.807) is 13.8 Å². The summed E-state index contributed by atoms with van der Waals surface area (Å²) in [6.45, 7) is 3.41. The number of anilines is 1. The fraction of sp³-hybridized carbons (Fsp3) is 0.182. The van der Waals surface area contributed by atoms with Crippen LogP contribution < -0.4 is 57.1 Å². The molecule has 2 aromatic rings. The van der Waals surface area contributed by atoms with Crippen LogP contribution in [0, 0.1) is 13.8 Å². The molecule has 19 heavy (non-hydrogen) atoms. The Morgan fingerprint density at radius 2 is 1.79 bits per heavy atom. The van der Waals surface area contributed by atoms with Crippen molar-refractivity contribution in [1.29, 1.82) is 0 Å². The molecule has 0 saturated carbocycles. The third kappa shape index (κ3) is 3.80. The van der Waals surface area contributed by atoms with Gasteiger partial charge in [0, 0.05) is 5.69 Å². The van der Waals surface area contributed by atoms with Gasteiger partial charge >= 0.3 is 51.4 Å². The van der Waals surface area contributed by atoms with Crippen LogP contribution in [0.5, 0.6) is 0 Å². The molecule has 0 aliphatic heterocycles. The van der Waals surface area contributed by atoms with Crippen molar-refractivity contribution in [3.63, 3.8) is 0 Å². The van der Waals surface area contributed by atoms with Gasteiger partial charge in [-0.25, -0.2) is 8.42 Å². The Bertz CT molecular complexity index is 665. The van der Waals surface area contributed by atoms with Gasteiger partial charge < -0.3 is 15.0 Å². The zero-order valence-corrected chi connectivity index (χ0v) is 14.9. The van der Waals surface area contributed by atoms with Crippen LogP contribution in [0.4, 0.5) is 11.6 Å². The van der Waals surface area contributed by atoms with Crippen LogP contribution >= 0.6 is 0 Å². The van der Waals surface area contributed by atoms with E-state index in [0.717, 1.165) is 0 Å². The molecule has 6 nitrogen and oxygen atoms in total. The molecule has 0 spiro atoms. The average Bonchev–Trinajstić information content (AvgIpc) is 2.61. The van der Waals surface area contributed by atoms with Crippen LogP contribution in [0.2, 0.25) is 0 Å². The summed E-state index contributed by atoms with van der Waals surface area (Å²) >= 11 is 0. The molecular formula is C11H12KN3O3S. The molecule has 1 heterocycles. The van der Waals surface area contributed by atoms with Gasteiger partial charge in [-0.15, -0.1) is 0 Å². The Morgan fingerprint density at radius 1 is 1.21 bits per heavy atom. The molecule has 0 aliphatic carbocycles. The predicted octanol–water partition coefficient (Wildman–Crippen LogP) is -0.728. The molecule has 0 unspecified atom stereocenters. The number of aromatic nitrogens is 1. The number of nitrogens with zero attached hydrogens (tertiary/aromatic N) is 2. The summed E-state index contributed by atoms with van der Waals surface area (Å²) in [7, 11) is -3.80. The third-order valence-corrected chi connectivity index (χ3v) is 3.79. The van der Waals surface area contributed by atoms with E-state index in [9.17, 15) is 8.42 Å². The van der Waals surface area contributed by atoms with Gasteiger partial charge in [0.15, 0.2) is 0 Å². The number of hydrogen-bond acceptors (Lipinski definition) is 5. The first-order valence-electron chi connectivity index (χ1n) is 5.16. The fourth-order valence-electron chi connectivity index (χ4n) is 1.29. The molecule has 2 N–H and O–H groups in total. The van der Waals surface area contributed by atoms with E-state index in [2.05, 4.69) is 9.88 Å². The quantitative estimate of drug-likeness (QED) is 0.595. The second-order valence-electron chi connectivity index (χ2n) is 3.83. The Hall–Kier alpha value is -0.384. The number of nitrogens with two attached hydrogens (primary N) is 1. The molecule has 2 rings (SSSR count). The van der Waals surface area contributed by atoms with E-state index < -0.39 is 10.0 Å². The summed E-state index contributed by atoms with van der Waals surface area (Å²) in [4.78, 5) is 0.0603. The Kier molecular flexibility index (Phi) is 5.60. The summed E-state index contributed by atoms with van der Waals surface area (Å²) < 4.78 is 32.4. The average molecular weight is 305 g/mol. The number of benzene rings is 1. The molecule has 1 aromatic carbocycles. The van der Waals surface area contributed by atoms with Crippen molar-refractivity contribution < 1.29 is 64.3 Å². The Labute approximate surface area is 154 Å². The Balaban J connectivity index is 0.00000180. The number of nitrogen functional groups attached to an aromatic ring is 1. The molecule has 8 heteroatoms. The van der Waals surface area contributed by atoms with Crippen molar-refractivity contribution in [2.75, 3.05) is 5.73 Å². The second kappa shape index (κ2) is 6.38. The van der Waals surface area contributed by atoms with E-state index in [1.165, 1.54) is 24.3 Å². The molecular weight excluding hydrogens is 293 g/mol. The minimum absolute atomic E-state index is 0. The van der Waals surface area contributed by atoms with Crippen LogP contribution in [-0.2, 0) is 10.0 Å². The Morgan fingerprint density at radius 3 is 2.26 bits per heavy atom. The maximum Gasteiger partial charge on any atom is 1.00 e. The molecule has 0 bridgehead atoms. The summed E-state index contributed by atoms with van der Waals surface area (Å²) in [6.07, 6.45) is 0. The third-order valence-electron chi connectivity index (χ3n) is 2.51. The van der Waals surface area contributed by atoms with Crippen molar-refractivity contribution in [3.05, 3.63) is 40.2 Å². The second-order valence-corrected chi connectivity index (χ2v) is 5.44. The van der Waals surface area contributed by atoms with Gasteiger partial charge in [-0.3, -0.25) is 0 Å². The first-order valence-corrected chi connectivity index (χ1v) is 6.60. The van der Waals surface area contributed by atoms with Crippen LogP contribution in [0.3, 0.4) is 0 Å². The normalized spacial score (nSPS) is 10.8. The van der Waals surface area contributed by atoms with E-state index in [0.29, 0.717) is 16.9 Å². The molecule has 0 aliphatic rings. The molecule has 0 atom stereocenters. The summed E-state index contributed by atoms with van der Waals surface area (Å²) in [5.74, 6) is 0.00400. The maximum absolute atomic E-state index is 12.0. The van der Waals surface area contributed by atoms with Gasteiger partial charge in [-0.05, 0) is 43.7 Å². The van der Waals surface area contributed by atoms with Crippen LogP contribution in [0.15, 0.2) is 33.7 Å². The largest absolute Gasteiger partial charge is 1.00 e. The van der Waals surface area contributed by atoms with Gasteiger partial charge in [0.25, 0.3) is 0 Å². The van der Waals surface area contributed by atoms with Crippen LogP contribution in [0.25, 0.3) is 4.72 Å². The van der Waals surface area contributed by atoms with Crippen LogP contribution in [0.1, 0.15) is 11.3 Å². The van der Waals surface area contributed by atoms with E-state index in [4.69, 9.17) is 10.3 Å². The van der Waals surface area contributed by atoms with Crippen molar-refractivity contribution >= 4 is 21.6 Å². The van der Waals surface area contributed by atoms with Crippen molar-refractivity contribution in [1.82, 2.24) is 5.16 Å². The van der Waals surface area contributed by atoms with Crippen molar-refractivity contribution in [2.45, 2.75) is 18.7 Å². The zero-order chi connectivity index (χ0) is 13.3. The van der Waals surface area contributed by atoms with E-state index in [1.807, 2.05) is 0 Å². The first kappa shape index (κ1) is 16.7. The summed E-state index contributed by atoms with van der Waals surface area (Å²) in [6, 6.07) is 5.79. The molecule has 0 amide bonds. The first-order chi connectivity index (χ1) is 8.40. The van der Waals surface area contributed by atoms with Crippen molar-refractivity contribution in [3.8, 4) is 0 Å². The zero-order valence-electron chi connectivity index (χ0n) is 10.9. The van der Waals surface area contributed by atoms with Gasteiger partial charge in [0.2, 0.25) is 0 Å². The summed E-state index contributed by atoms with van der Waals surface area (Å²) in [5.41, 5.74) is 7.20. The molecule has 0 radical (unpaired) electrons. The van der Waals surface area contributed by atoms with Gasteiger partial charge in [-0.1, -0.05) is 5.16 Å². The monoisotopic (exact) mass is 305 g/mol. The molecule has 0 fully saturated rings. The molecule has 96 valence electrons. The topological polar surface area (TPSA) is 100 Å². The number of aryl methyl sites for hydroxylation is 1. The molecule has 1 aromatic heterocycles. The van der Waals surface area contributed by atoms with Crippen molar-refractivity contribution in [2.24, 2.45) is 0 Å². The smallest absolute Gasteiger partial charge is 0.539 e. The number of rotatable bonds is 3.